The van der Waals surface area contributed by atoms with E-state index in [2.05, 4.69) is 39.5 Å². The van der Waals surface area contributed by atoms with Crippen molar-refractivity contribution in [2.45, 2.75) is 46.2 Å². The first-order valence-corrected chi connectivity index (χ1v) is 7.62. The summed E-state index contributed by atoms with van der Waals surface area (Å²) in [7, 11) is -5.84. The maximum absolute atomic E-state index is 10.7. The first-order chi connectivity index (χ1) is 8.66. The van der Waals surface area contributed by atoms with Crippen molar-refractivity contribution in [3.63, 3.8) is 0 Å². The largest absolute Gasteiger partial charge is 0.522 e. The molecule has 124 valence electrons. The summed E-state index contributed by atoms with van der Waals surface area (Å²) in [4.78, 5) is 2.37. The summed E-state index contributed by atoms with van der Waals surface area (Å²) in [6.45, 7) is 14.2. The van der Waals surface area contributed by atoms with Gasteiger partial charge in [-0.25, -0.2) is 0 Å². The van der Waals surface area contributed by atoms with Gasteiger partial charge in [-0.2, -0.15) is 21.6 Å². The molecule has 0 amide bonds. The van der Waals surface area contributed by atoms with Crippen LogP contribution in [0.1, 0.15) is 34.6 Å². The normalized spacial score (nSPS) is 14.8. The molecular weight excluding hydrogens is 297 g/mol. The van der Waals surface area contributed by atoms with E-state index in [0.29, 0.717) is 0 Å². The van der Waals surface area contributed by atoms with E-state index in [1.165, 1.54) is 0 Å². The molecule has 9 heteroatoms. The SMILES string of the molecule is CCN(CC)C[C@H](N)C(C)(C)C.O=S(=O)(O)C(F)(F)F. The van der Waals surface area contributed by atoms with Gasteiger partial charge in [0.1, 0.15) is 0 Å². The van der Waals surface area contributed by atoms with Gasteiger partial charge < -0.3 is 10.6 Å². The number of hydrogen-bond acceptors (Lipinski definition) is 4. The van der Waals surface area contributed by atoms with Gasteiger partial charge in [0.15, 0.2) is 0 Å². The highest BCUT2D eigenvalue weighted by molar-refractivity contribution is 7.86. The van der Waals surface area contributed by atoms with Crippen LogP contribution in [0.25, 0.3) is 0 Å². The van der Waals surface area contributed by atoms with Crippen molar-refractivity contribution in [2.75, 3.05) is 19.6 Å². The molecule has 3 N–H and O–H groups in total. The lowest BCUT2D eigenvalue weighted by atomic mass is 9.87. The summed E-state index contributed by atoms with van der Waals surface area (Å²) in [6, 6.07) is 0.275. The zero-order valence-corrected chi connectivity index (χ0v) is 13.3. The van der Waals surface area contributed by atoms with Gasteiger partial charge in [-0.3, -0.25) is 4.55 Å². The standard InChI is InChI=1S/C10H24N2.CHF3O3S/c1-6-12(7-2)8-9(11)10(3,4)5;2-1(3,4)8(5,6)7/h9H,6-8,11H2,1-5H3;(H,5,6,7)/t9-;/m0./s1. The molecule has 0 aromatic heterocycles. The zero-order valence-electron chi connectivity index (χ0n) is 12.5. The maximum Gasteiger partial charge on any atom is 0.522 e. The van der Waals surface area contributed by atoms with Crippen molar-refractivity contribution in [3.05, 3.63) is 0 Å². The third-order valence-electron chi connectivity index (χ3n) is 2.75. The second-order valence-corrected chi connectivity index (χ2v) is 6.79. The van der Waals surface area contributed by atoms with Crippen LogP contribution in [-0.2, 0) is 10.1 Å². The van der Waals surface area contributed by atoms with Crippen molar-refractivity contribution in [3.8, 4) is 0 Å². The Hall–Kier alpha value is -0.380. The average molecular weight is 322 g/mol. The van der Waals surface area contributed by atoms with E-state index in [1.807, 2.05) is 0 Å². The Morgan fingerprint density at radius 2 is 1.45 bits per heavy atom. The second kappa shape index (κ2) is 8.16. The monoisotopic (exact) mass is 322 g/mol. The van der Waals surface area contributed by atoms with Crippen molar-refractivity contribution in [2.24, 2.45) is 11.1 Å². The molecular formula is C11H25F3N2O3S. The first kappa shape index (κ1) is 21.9. The molecule has 0 rings (SSSR count). The third-order valence-corrected chi connectivity index (χ3v) is 3.34. The van der Waals surface area contributed by atoms with Crippen LogP contribution in [0.5, 0.6) is 0 Å². The van der Waals surface area contributed by atoms with E-state index in [9.17, 15) is 13.2 Å². The Bertz CT molecular complexity index is 360. The molecule has 0 heterocycles. The molecule has 0 aliphatic heterocycles. The topological polar surface area (TPSA) is 83.6 Å². The van der Waals surface area contributed by atoms with Gasteiger partial charge in [0.05, 0.1) is 0 Å². The summed E-state index contributed by atoms with van der Waals surface area (Å²) in [6.07, 6.45) is 0. The lowest BCUT2D eigenvalue weighted by Crippen LogP contribution is -2.45. The lowest BCUT2D eigenvalue weighted by molar-refractivity contribution is -0.0510. The van der Waals surface area contributed by atoms with Crippen molar-refractivity contribution >= 4 is 10.1 Å². The number of rotatable bonds is 4. The Balaban J connectivity index is 0. The van der Waals surface area contributed by atoms with Crippen LogP contribution >= 0.6 is 0 Å². The third kappa shape index (κ3) is 9.51. The Labute approximate surface area is 119 Å². The molecule has 0 unspecified atom stereocenters. The molecule has 0 aromatic carbocycles. The Morgan fingerprint density at radius 1 is 1.15 bits per heavy atom. The zero-order chi connectivity index (χ0) is 16.8. The minimum absolute atomic E-state index is 0.225. The van der Waals surface area contributed by atoms with Gasteiger partial charge in [0, 0.05) is 12.6 Å². The summed E-state index contributed by atoms with van der Waals surface area (Å²) in [5.74, 6) is 0. The highest BCUT2D eigenvalue weighted by Crippen LogP contribution is 2.20. The minimum Gasteiger partial charge on any atom is -0.326 e. The number of nitrogens with two attached hydrogens (primary N) is 1. The van der Waals surface area contributed by atoms with Gasteiger partial charge in [-0.05, 0) is 18.5 Å². The molecule has 0 saturated heterocycles. The minimum atomic E-state index is -5.84. The number of nitrogens with zero attached hydrogens (tertiary/aromatic N) is 1. The van der Waals surface area contributed by atoms with Crippen LogP contribution in [0, 0.1) is 5.41 Å². The molecule has 0 radical (unpaired) electrons. The van der Waals surface area contributed by atoms with E-state index >= 15 is 0 Å². The molecule has 0 spiro atoms. The highest BCUT2D eigenvalue weighted by atomic mass is 32.2. The number of alkyl halides is 3. The van der Waals surface area contributed by atoms with Crippen LogP contribution in [-0.4, -0.2) is 49.1 Å². The summed E-state index contributed by atoms with van der Waals surface area (Å²) in [5.41, 5.74) is 0.751. The Morgan fingerprint density at radius 3 is 1.60 bits per heavy atom. The molecule has 20 heavy (non-hydrogen) atoms. The molecule has 0 bridgehead atoms. The summed E-state index contributed by atoms with van der Waals surface area (Å²) < 4.78 is 57.5. The molecule has 5 nitrogen and oxygen atoms in total. The van der Waals surface area contributed by atoms with Crippen LogP contribution in [0.3, 0.4) is 0 Å². The smallest absolute Gasteiger partial charge is 0.326 e. The summed E-state index contributed by atoms with van der Waals surface area (Å²) in [5, 5.41) is 0. The molecule has 0 aliphatic rings. The van der Waals surface area contributed by atoms with Gasteiger partial charge in [-0.15, -0.1) is 0 Å². The number of likely N-dealkylation sites (N-methyl/N-ethyl adjacent to an activating group) is 1. The van der Waals surface area contributed by atoms with Gasteiger partial charge in [0.25, 0.3) is 0 Å². The Kier molecular flexibility index (Phi) is 8.94. The highest BCUT2D eigenvalue weighted by Gasteiger charge is 2.44. The predicted molar refractivity (Wildman–Crippen MR) is 72.8 cm³/mol. The van der Waals surface area contributed by atoms with E-state index in [0.717, 1.165) is 19.6 Å². The fourth-order valence-corrected chi connectivity index (χ4v) is 1.03. The van der Waals surface area contributed by atoms with Crippen LogP contribution in [0.2, 0.25) is 0 Å². The van der Waals surface area contributed by atoms with Crippen LogP contribution in [0.15, 0.2) is 0 Å². The average Bonchev–Trinajstić information content (AvgIpc) is 2.22. The lowest BCUT2D eigenvalue weighted by Gasteiger charge is -2.31. The fraction of sp³-hybridized carbons (Fsp3) is 1.00. The van der Waals surface area contributed by atoms with Crippen LogP contribution in [0.4, 0.5) is 13.2 Å². The summed E-state index contributed by atoms with van der Waals surface area (Å²) >= 11 is 0. The van der Waals surface area contributed by atoms with E-state index < -0.39 is 15.6 Å². The molecule has 0 saturated carbocycles. The van der Waals surface area contributed by atoms with Crippen molar-refractivity contribution < 1.29 is 26.1 Å². The van der Waals surface area contributed by atoms with Crippen LogP contribution < -0.4 is 5.73 Å². The molecule has 0 fully saturated rings. The van der Waals surface area contributed by atoms with E-state index in [-0.39, 0.29) is 11.5 Å². The molecule has 0 aliphatic carbocycles. The number of hydrogen-bond donors (Lipinski definition) is 2. The first-order valence-electron chi connectivity index (χ1n) is 6.18. The van der Waals surface area contributed by atoms with Crippen molar-refractivity contribution in [1.29, 1.82) is 0 Å². The second-order valence-electron chi connectivity index (χ2n) is 5.38. The van der Waals surface area contributed by atoms with Gasteiger partial charge in [-0.1, -0.05) is 34.6 Å². The van der Waals surface area contributed by atoms with E-state index in [4.69, 9.17) is 18.7 Å². The molecule has 1 atom stereocenters. The molecule has 0 aromatic rings. The van der Waals surface area contributed by atoms with E-state index in [1.54, 1.807) is 0 Å². The van der Waals surface area contributed by atoms with Crippen molar-refractivity contribution in [1.82, 2.24) is 4.90 Å². The maximum atomic E-state index is 10.7. The fourth-order valence-electron chi connectivity index (χ4n) is 1.03. The van der Waals surface area contributed by atoms with Gasteiger partial charge in [0.2, 0.25) is 0 Å². The van der Waals surface area contributed by atoms with Gasteiger partial charge >= 0.3 is 15.6 Å². The predicted octanol–water partition coefficient (Wildman–Crippen LogP) is 2.10. The quantitative estimate of drug-likeness (QED) is 0.612. The number of halogens is 3.